The van der Waals surface area contributed by atoms with Gasteiger partial charge in [-0.05, 0) is 6.42 Å². The number of hydrogen-bond acceptors (Lipinski definition) is 3. The molecular weight excluding hydrogens is 178 g/mol. The SMILES string of the molecule is CCCN1C=C(OC(F)F)N(C)C1. The Kier molecular flexibility index (Phi) is 3.33. The Bertz CT molecular complexity index is 197. The summed E-state index contributed by atoms with van der Waals surface area (Å²) in [5.74, 6) is 0.239. The van der Waals surface area contributed by atoms with Crippen LogP contribution in [0.15, 0.2) is 12.1 Å². The van der Waals surface area contributed by atoms with Gasteiger partial charge in [-0.2, -0.15) is 8.78 Å². The van der Waals surface area contributed by atoms with Crippen molar-refractivity contribution in [1.29, 1.82) is 0 Å². The molecule has 0 aromatic carbocycles. The first-order chi connectivity index (χ1) is 6.13. The number of nitrogens with zero attached hydrogens (tertiary/aromatic N) is 2. The van der Waals surface area contributed by atoms with E-state index in [-0.39, 0.29) is 5.88 Å². The van der Waals surface area contributed by atoms with Gasteiger partial charge >= 0.3 is 6.61 Å². The lowest BCUT2D eigenvalue weighted by molar-refractivity contribution is -0.113. The molecule has 0 radical (unpaired) electrons. The molecule has 0 unspecified atom stereocenters. The molecule has 0 aliphatic carbocycles. The van der Waals surface area contributed by atoms with Crippen molar-refractivity contribution in [2.45, 2.75) is 20.0 Å². The highest BCUT2D eigenvalue weighted by Gasteiger charge is 2.20. The van der Waals surface area contributed by atoms with Crippen molar-refractivity contribution in [3.63, 3.8) is 0 Å². The number of halogens is 2. The van der Waals surface area contributed by atoms with Gasteiger partial charge in [0.15, 0.2) is 0 Å². The van der Waals surface area contributed by atoms with Gasteiger partial charge in [0.2, 0.25) is 5.88 Å². The smallest absolute Gasteiger partial charge is 0.388 e. The molecule has 0 saturated heterocycles. The first kappa shape index (κ1) is 10.1. The summed E-state index contributed by atoms with van der Waals surface area (Å²) in [7, 11) is 1.73. The molecule has 5 heteroatoms. The highest BCUT2D eigenvalue weighted by atomic mass is 19.3. The molecule has 1 aliphatic rings. The van der Waals surface area contributed by atoms with Crippen LogP contribution >= 0.6 is 0 Å². The molecule has 0 fully saturated rings. The molecule has 0 amide bonds. The second-order valence-electron chi connectivity index (χ2n) is 3.00. The highest BCUT2D eigenvalue weighted by molar-refractivity contribution is 4.97. The molecule has 1 rings (SSSR count). The van der Waals surface area contributed by atoms with E-state index in [1.54, 1.807) is 18.1 Å². The van der Waals surface area contributed by atoms with Crippen molar-refractivity contribution >= 4 is 0 Å². The van der Waals surface area contributed by atoms with Crippen LogP contribution in [0.25, 0.3) is 0 Å². The molecule has 0 N–H and O–H groups in total. The summed E-state index contributed by atoms with van der Waals surface area (Å²) in [6, 6.07) is 0. The molecule has 0 aromatic heterocycles. The predicted molar refractivity (Wildman–Crippen MR) is 44.8 cm³/mol. The molecule has 0 atom stereocenters. The van der Waals surface area contributed by atoms with Crippen molar-refractivity contribution in [3.8, 4) is 0 Å². The second-order valence-corrected chi connectivity index (χ2v) is 3.00. The van der Waals surface area contributed by atoms with Crippen LogP contribution in [0.2, 0.25) is 0 Å². The van der Waals surface area contributed by atoms with Crippen LogP contribution < -0.4 is 0 Å². The lowest BCUT2D eigenvalue weighted by atomic mass is 10.4. The Hall–Kier alpha value is -1.00. The van der Waals surface area contributed by atoms with Crippen LogP contribution in [0.4, 0.5) is 8.78 Å². The normalized spacial score (nSPS) is 16.8. The van der Waals surface area contributed by atoms with Crippen molar-refractivity contribution < 1.29 is 13.5 Å². The largest absolute Gasteiger partial charge is 0.417 e. The van der Waals surface area contributed by atoms with E-state index < -0.39 is 6.61 Å². The molecule has 1 aliphatic heterocycles. The Labute approximate surface area is 76.6 Å². The first-order valence-corrected chi connectivity index (χ1v) is 4.25. The predicted octanol–water partition coefficient (Wildman–Crippen LogP) is 1.64. The summed E-state index contributed by atoms with van der Waals surface area (Å²) in [5.41, 5.74) is 0. The molecular formula is C8H14F2N2O. The first-order valence-electron chi connectivity index (χ1n) is 4.25. The maximum absolute atomic E-state index is 11.9. The molecule has 0 aromatic rings. The van der Waals surface area contributed by atoms with Gasteiger partial charge < -0.3 is 14.5 Å². The number of alkyl halides is 2. The van der Waals surface area contributed by atoms with Crippen LogP contribution in [-0.2, 0) is 4.74 Å². The van der Waals surface area contributed by atoms with Crippen LogP contribution in [-0.4, -0.2) is 36.7 Å². The zero-order valence-electron chi connectivity index (χ0n) is 7.83. The fourth-order valence-electron chi connectivity index (χ4n) is 1.27. The molecule has 3 nitrogen and oxygen atoms in total. The summed E-state index contributed by atoms with van der Waals surface area (Å²) in [5, 5.41) is 0. The number of rotatable bonds is 4. The minimum atomic E-state index is -2.74. The summed E-state index contributed by atoms with van der Waals surface area (Å²) < 4.78 is 28.0. The third-order valence-corrected chi connectivity index (χ3v) is 1.78. The van der Waals surface area contributed by atoms with Crippen molar-refractivity contribution in [2.24, 2.45) is 0 Å². The van der Waals surface area contributed by atoms with E-state index in [9.17, 15) is 8.78 Å². The van der Waals surface area contributed by atoms with Crippen molar-refractivity contribution in [2.75, 3.05) is 20.3 Å². The Morgan fingerprint density at radius 1 is 1.62 bits per heavy atom. The summed E-state index contributed by atoms with van der Waals surface area (Å²) in [4.78, 5) is 3.60. The van der Waals surface area contributed by atoms with Crippen molar-refractivity contribution in [3.05, 3.63) is 12.1 Å². The lowest BCUT2D eigenvalue weighted by Gasteiger charge is -2.17. The zero-order chi connectivity index (χ0) is 9.84. The van der Waals surface area contributed by atoms with Gasteiger partial charge in [0.05, 0.1) is 12.9 Å². The van der Waals surface area contributed by atoms with Gasteiger partial charge in [0.1, 0.15) is 0 Å². The standard InChI is InChI=1S/C8H14F2N2O/c1-3-4-12-5-7(11(2)6-12)13-8(9)10/h5,8H,3-4,6H2,1-2H3. The molecule has 1 heterocycles. The second kappa shape index (κ2) is 4.30. The average molecular weight is 192 g/mol. The third kappa shape index (κ3) is 2.75. The van der Waals surface area contributed by atoms with Gasteiger partial charge in [-0.3, -0.25) is 0 Å². The van der Waals surface area contributed by atoms with Crippen LogP contribution in [0, 0.1) is 0 Å². The molecule has 13 heavy (non-hydrogen) atoms. The summed E-state index contributed by atoms with van der Waals surface area (Å²) in [6.07, 6.45) is 2.61. The number of hydrogen-bond donors (Lipinski definition) is 0. The molecule has 0 saturated carbocycles. The topological polar surface area (TPSA) is 15.7 Å². The fourth-order valence-corrected chi connectivity index (χ4v) is 1.27. The Morgan fingerprint density at radius 2 is 2.31 bits per heavy atom. The quantitative estimate of drug-likeness (QED) is 0.673. The zero-order valence-corrected chi connectivity index (χ0v) is 7.83. The number of ether oxygens (including phenoxy) is 1. The third-order valence-electron chi connectivity index (χ3n) is 1.78. The van der Waals surface area contributed by atoms with Crippen LogP contribution in [0.3, 0.4) is 0 Å². The maximum Gasteiger partial charge on any atom is 0.388 e. The Balaban J connectivity index is 2.47. The highest BCUT2D eigenvalue weighted by Crippen LogP contribution is 2.17. The lowest BCUT2D eigenvalue weighted by Crippen LogP contribution is -2.24. The van der Waals surface area contributed by atoms with E-state index in [2.05, 4.69) is 4.74 Å². The average Bonchev–Trinajstić information content (AvgIpc) is 2.31. The summed E-state index contributed by atoms with van der Waals surface area (Å²) >= 11 is 0. The van der Waals surface area contributed by atoms with Crippen LogP contribution in [0.1, 0.15) is 13.3 Å². The van der Waals surface area contributed by atoms with E-state index in [0.717, 1.165) is 13.0 Å². The van der Waals surface area contributed by atoms with Gasteiger partial charge in [-0.1, -0.05) is 6.92 Å². The van der Waals surface area contributed by atoms with Gasteiger partial charge in [0.25, 0.3) is 0 Å². The molecule has 0 spiro atoms. The maximum atomic E-state index is 11.9. The van der Waals surface area contributed by atoms with E-state index in [4.69, 9.17) is 0 Å². The molecule has 76 valence electrons. The minimum Gasteiger partial charge on any atom is -0.417 e. The van der Waals surface area contributed by atoms with Gasteiger partial charge in [0, 0.05) is 13.6 Å². The fraction of sp³-hybridized carbons (Fsp3) is 0.750. The van der Waals surface area contributed by atoms with E-state index in [0.29, 0.717) is 6.67 Å². The van der Waals surface area contributed by atoms with E-state index in [1.165, 1.54) is 0 Å². The van der Waals surface area contributed by atoms with Crippen molar-refractivity contribution in [1.82, 2.24) is 9.80 Å². The van der Waals surface area contributed by atoms with E-state index in [1.807, 2.05) is 11.8 Å². The van der Waals surface area contributed by atoms with Crippen LogP contribution in [0.5, 0.6) is 0 Å². The van der Waals surface area contributed by atoms with Gasteiger partial charge in [-0.25, -0.2) is 0 Å². The summed E-state index contributed by atoms with van der Waals surface area (Å²) in [6.45, 7) is 0.783. The Morgan fingerprint density at radius 3 is 2.85 bits per heavy atom. The minimum absolute atomic E-state index is 0.239. The van der Waals surface area contributed by atoms with Gasteiger partial charge in [-0.15, -0.1) is 0 Å². The van der Waals surface area contributed by atoms with E-state index >= 15 is 0 Å². The monoisotopic (exact) mass is 192 g/mol. The molecule has 0 bridgehead atoms.